The van der Waals surface area contributed by atoms with E-state index in [1.807, 2.05) is 30.9 Å². The van der Waals surface area contributed by atoms with E-state index in [4.69, 9.17) is 10.5 Å². The summed E-state index contributed by atoms with van der Waals surface area (Å²) < 4.78 is 19.1. The van der Waals surface area contributed by atoms with Gasteiger partial charge in [0.25, 0.3) is 0 Å². The van der Waals surface area contributed by atoms with Crippen molar-refractivity contribution < 1.29 is 9.13 Å². The third kappa shape index (κ3) is 4.27. The normalized spacial score (nSPS) is 12.5. The third-order valence-corrected chi connectivity index (χ3v) is 2.86. The standard InChI is InChI=1S/C14H23FN2O/c1-4-17(7-8-18-3)14-6-5-12(9-11(2)16)10-13(14)15/h5-6,10-11H,4,7-9,16H2,1-3H3. The van der Waals surface area contributed by atoms with Gasteiger partial charge in [0.15, 0.2) is 0 Å². The maximum Gasteiger partial charge on any atom is 0.146 e. The molecule has 0 amide bonds. The van der Waals surface area contributed by atoms with Gasteiger partial charge in [0.2, 0.25) is 0 Å². The first kappa shape index (κ1) is 14.9. The molecule has 1 aromatic carbocycles. The minimum absolute atomic E-state index is 0.0472. The van der Waals surface area contributed by atoms with Crippen LogP contribution < -0.4 is 10.6 Å². The van der Waals surface area contributed by atoms with Crippen molar-refractivity contribution in [3.63, 3.8) is 0 Å². The number of halogens is 1. The molecule has 0 fully saturated rings. The molecule has 0 aliphatic rings. The van der Waals surface area contributed by atoms with Crippen LogP contribution in [-0.4, -0.2) is 32.8 Å². The number of rotatable bonds is 7. The van der Waals surface area contributed by atoms with Crippen molar-refractivity contribution in [1.29, 1.82) is 0 Å². The predicted molar refractivity (Wildman–Crippen MR) is 73.5 cm³/mol. The van der Waals surface area contributed by atoms with Crippen LogP contribution in [-0.2, 0) is 11.2 Å². The second-order valence-electron chi connectivity index (χ2n) is 4.54. The molecule has 0 bridgehead atoms. The Morgan fingerprint density at radius 2 is 2.17 bits per heavy atom. The summed E-state index contributed by atoms with van der Waals surface area (Å²) in [5, 5.41) is 0. The third-order valence-electron chi connectivity index (χ3n) is 2.86. The van der Waals surface area contributed by atoms with Gasteiger partial charge in [-0.15, -0.1) is 0 Å². The van der Waals surface area contributed by atoms with Crippen LogP contribution in [0.1, 0.15) is 19.4 Å². The molecule has 1 unspecified atom stereocenters. The van der Waals surface area contributed by atoms with Gasteiger partial charge < -0.3 is 15.4 Å². The maximum absolute atomic E-state index is 14.0. The summed E-state index contributed by atoms with van der Waals surface area (Å²) in [4.78, 5) is 1.97. The van der Waals surface area contributed by atoms with E-state index in [-0.39, 0.29) is 11.9 Å². The smallest absolute Gasteiger partial charge is 0.146 e. The zero-order valence-corrected chi connectivity index (χ0v) is 11.4. The second-order valence-corrected chi connectivity index (χ2v) is 4.54. The number of hydrogen-bond acceptors (Lipinski definition) is 3. The van der Waals surface area contributed by atoms with Gasteiger partial charge in [-0.3, -0.25) is 0 Å². The van der Waals surface area contributed by atoms with E-state index in [1.54, 1.807) is 13.2 Å². The number of methoxy groups -OCH3 is 1. The van der Waals surface area contributed by atoms with Crippen LogP contribution in [0.5, 0.6) is 0 Å². The lowest BCUT2D eigenvalue weighted by atomic mass is 10.1. The number of benzene rings is 1. The van der Waals surface area contributed by atoms with Crippen LogP contribution in [0.4, 0.5) is 10.1 Å². The van der Waals surface area contributed by atoms with Gasteiger partial charge in [-0.2, -0.15) is 0 Å². The Bertz CT molecular complexity index is 369. The van der Waals surface area contributed by atoms with Crippen LogP contribution in [0.2, 0.25) is 0 Å². The maximum atomic E-state index is 14.0. The van der Waals surface area contributed by atoms with Crippen LogP contribution in [0.3, 0.4) is 0 Å². The van der Waals surface area contributed by atoms with Crippen molar-refractivity contribution in [2.24, 2.45) is 5.73 Å². The molecule has 4 heteroatoms. The van der Waals surface area contributed by atoms with Crippen molar-refractivity contribution in [1.82, 2.24) is 0 Å². The molecule has 0 saturated heterocycles. The summed E-state index contributed by atoms with van der Waals surface area (Å²) in [6.45, 7) is 5.96. The van der Waals surface area contributed by atoms with Crippen LogP contribution in [0, 0.1) is 5.82 Å². The molecule has 1 atom stereocenters. The average Bonchev–Trinajstić information content (AvgIpc) is 2.31. The van der Waals surface area contributed by atoms with Gasteiger partial charge >= 0.3 is 0 Å². The quantitative estimate of drug-likeness (QED) is 0.810. The fourth-order valence-corrected chi connectivity index (χ4v) is 1.96. The highest BCUT2D eigenvalue weighted by molar-refractivity contribution is 5.49. The summed E-state index contributed by atoms with van der Waals surface area (Å²) in [5.74, 6) is -0.189. The molecular weight excluding hydrogens is 231 g/mol. The lowest BCUT2D eigenvalue weighted by Crippen LogP contribution is -2.27. The highest BCUT2D eigenvalue weighted by Gasteiger charge is 2.11. The molecular formula is C14H23FN2O. The number of nitrogens with two attached hydrogens (primary N) is 1. The lowest BCUT2D eigenvalue weighted by molar-refractivity contribution is 0.205. The van der Waals surface area contributed by atoms with Crippen molar-refractivity contribution in [2.75, 3.05) is 31.7 Å². The molecule has 18 heavy (non-hydrogen) atoms. The Labute approximate surface area is 109 Å². The van der Waals surface area contributed by atoms with Crippen molar-refractivity contribution in [2.45, 2.75) is 26.3 Å². The molecule has 0 aliphatic heterocycles. The minimum atomic E-state index is -0.189. The first-order valence-corrected chi connectivity index (χ1v) is 6.36. The lowest BCUT2D eigenvalue weighted by Gasteiger charge is -2.23. The molecule has 1 aromatic rings. The first-order chi connectivity index (χ1) is 8.58. The van der Waals surface area contributed by atoms with Crippen LogP contribution in [0.25, 0.3) is 0 Å². The van der Waals surface area contributed by atoms with Gasteiger partial charge in [-0.25, -0.2) is 4.39 Å². The number of anilines is 1. The Morgan fingerprint density at radius 3 is 2.67 bits per heavy atom. The molecule has 102 valence electrons. The molecule has 0 heterocycles. The summed E-state index contributed by atoms with van der Waals surface area (Å²) in [6, 6.07) is 5.39. The zero-order chi connectivity index (χ0) is 13.5. The Morgan fingerprint density at radius 1 is 1.44 bits per heavy atom. The fourth-order valence-electron chi connectivity index (χ4n) is 1.96. The summed E-state index contributed by atoms with van der Waals surface area (Å²) in [5.41, 5.74) is 7.28. The zero-order valence-electron chi connectivity index (χ0n) is 11.4. The van der Waals surface area contributed by atoms with Gasteiger partial charge in [0.1, 0.15) is 5.82 Å². The van der Waals surface area contributed by atoms with E-state index in [0.29, 0.717) is 25.3 Å². The number of ether oxygens (including phenoxy) is 1. The molecule has 0 aromatic heterocycles. The van der Waals surface area contributed by atoms with E-state index in [9.17, 15) is 4.39 Å². The van der Waals surface area contributed by atoms with Crippen LogP contribution in [0.15, 0.2) is 18.2 Å². The molecule has 2 N–H and O–H groups in total. The monoisotopic (exact) mass is 254 g/mol. The van der Waals surface area contributed by atoms with E-state index in [1.165, 1.54) is 0 Å². The molecule has 0 spiro atoms. The Balaban J connectivity index is 2.82. The van der Waals surface area contributed by atoms with Crippen molar-refractivity contribution >= 4 is 5.69 Å². The first-order valence-electron chi connectivity index (χ1n) is 6.36. The summed E-state index contributed by atoms with van der Waals surface area (Å²) in [6.07, 6.45) is 0.696. The number of hydrogen-bond donors (Lipinski definition) is 1. The van der Waals surface area contributed by atoms with E-state index >= 15 is 0 Å². The molecule has 0 aliphatic carbocycles. The van der Waals surface area contributed by atoms with Gasteiger partial charge in [0.05, 0.1) is 12.3 Å². The molecule has 0 saturated carbocycles. The Kier molecular flexibility index (Phi) is 6.09. The van der Waals surface area contributed by atoms with Crippen molar-refractivity contribution in [3.05, 3.63) is 29.6 Å². The van der Waals surface area contributed by atoms with Gasteiger partial charge in [0, 0.05) is 26.2 Å². The molecule has 0 radical (unpaired) electrons. The summed E-state index contributed by atoms with van der Waals surface area (Å²) >= 11 is 0. The molecule has 3 nitrogen and oxygen atoms in total. The largest absolute Gasteiger partial charge is 0.383 e. The minimum Gasteiger partial charge on any atom is -0.383 e. The summed E-state index contributed by atoms with van der Waals surface area (Å²) in [7, 11) is 1.65. The molecule has 1 rings (SSSR count). The van der Waals surface area contributed by atoms with E-state index < -0.39 is 0 Å². The van der Waals surface area contributed by atoms with E-state index in [0.717, 1.165) is 12.1 Å². The highest BCUT2D eigenvalue weighted by atomic mass is 19.1. The fraction of sp³-hybridized carbons (Fsp3) is 0.571. The van der Waals surface area contributed by atoms with E-state index in [2.05, 4.69) is 0 Å². The van der Waals surface area contributed by atoms with Crippen LogP contribution >= 0.6 is 0 Å². The number of likely N-dealkylation sites (N-methyl/N-ethyl adjacent to an activating group) is 1. The SMILES string of the molecule is CCN(CCOC)c1ccc(CC(C)N)cc1F. The van der Waals surface area contributed by atoms with Crippen molar-refractivity contribution in [3.8, 4) is 0 Å². The van der Waals surface area contributed by atoms with Gasteiger partial charge in [-0.1, -0.05) is 6.07 Å². The highest BCUT2D eigenvalue weighted by Crippen LogP contribution is 2.21. The van der Waals surface area contributed by atoms with Gasteiger partial charge in [-0.05, 0) is 38.0 Å². The second kappa shape index (κ2) is 7.34. The number of nitrogens with zero attached hydrogens (tertiary/aromatic N) is 1. The topological polar surface area (TPSA) is 38.5 Å². The Hall–Kier alpha value is -1.13. The average molecular weight is 254 g/mol. The predicted octanol–water partition coefficient (Wildman–Crippen LogP) is 2.19.